The van der Waals surface area contributed by atoms with Crippen molar-refractivity contribution in [1.29, 1.82) is 0 Å². The molecule has 1 unspecified atom stereocenters. The van der Waals surface area contributed by atoms with E-state index in [1.54, 1.807) is 0 Å². The Morgan fingerprint density at radius 1 is 1.31 bits per heavy atom. The third-order valence-electron chi connectivity index (χ3n) is 1.52. The first-order chi connectivity index (χ1) is 6.98. The largest absolute Gasteiger partial charge is 0.453 e. The first-order valence-corrected chi connectivity index (χ1v) is 3.93. The zero-order valence-electron chi connectivity index (χ0n) is 8.08. The molecule has 0 aromatic heterocycles. The van der Waals surface area contributed by atoms with Crippen LogP contribution in [0.5, 0.6) is 0 Å². The van der Waals surface area contributed by atoms with Gasteiger partial charge < -0.3 is 4.74 Å². The molecule has 0 heterocycles. The molecule has 0 aliphatic heterocycles. The summed E-state index contributed by atoms with van der Waals surface area (Å²) in [7, 11) is 0. The molecule has 8 heteroatoms. The molecule has 0 N–H and O–H groups in total. The zero-order valence-corrected chi connectivity index (χ0v) is 8.08. The number of hydrogen-bond acceptors (Lipinski definition) is 2. The van der Waals surface area contributed by atoms with Gasteiger partial charge in [-0.1, -0.05) is 6.58 Å². The minimum Gasteiger partial charge on any atom is -0.453 e. The van der Waals surface area contributed by atoms with Crippen LogP contribution in [0, 0.1) is 0 Å². The summed E-state index contributed by atoms with van der Waals surface area (Å²) in [6.07, 6.45) is -7.59. The fourth-order valence-electron chi connectivity index (χ4n) is 0.611. The van der Waals surface area contributed by atoms with Crippen LogP contribution in [0.1, 0.15) is 6.92 Å². The zero-order chi connectivity index (χ0) is 13.1. The minimum absolute atomic E-state index is 0.447. The van der Waals surface area contributed by atoms with Crippen LogP contribution >= 0.6 is 0 Å². The van der Waals surface area contributed by atoms with E-state index in [9.17, 15) is 31.1 Å². The van der Waals surface area contributed by atoms with Gasteiger partial charge in [0.2, 0.25) is 0 Å². The fraction of sp³-hybridized carbons (Fsp3) is 0.625. The number of rotatable bonds is 4. The Labute approximate surface area is 86.9 Å². The fourth-order valence-corrected chi connectivity index (χ4v) is 0.611. The minimum atomic E-state index is -4.84. The van der Waals surface area contributed by atoms with Crippen LogP contribution in [0.15, 0.2) is 12.2 Å². The molecule has 0 spiro atoms. The average molecular weight is 250 g/mol. The summed E-state index contributed by atoms with van der Waals surface area (Å²) >= 11 is 0. The van der Waals surface area contributed by atoms with Crippen LogP contribution in [0.2, 0.25) is 0 Å². The Hall–Kier alpha value is -1.21. The van der Waals surface area contributed by atoms with Gasteiger partial charge in [0, 0.05) is 0 Å². The number of ether oxygens (including phenoxy) is 1. The molecule has 16 heavy (non-hydrogen) atoms. The summed E-state index contributed by atoms with van der Waals surface area (Å²) in [5.41, 5.74) is -1.65. The maximum atomic E-state index is 12.8. The molecular formula is C8H8F6O2. The predicted octanol–water partition coefficient (Wildman–Crippen LogP) is 2.64. The summed E-state index contributed by atoms with van der Waals surface area (Å²) in [6, 6.07) is 0. The van der Waals surface area contributed by atoms with Gasteiger partial charge >= 0.3 is 18.1 Å². The maximum absolute atomic E-state index is 12.8. The van der Waals surface area contributed by atoms with E-state index in [-0.39, 0.29) is 0 Å². The van der Waals surface area contributed by atoms with Gasteiger partial charge in [-0.3, -0.25) is 0 Å². The topological polar surface area (TPSA) is 26.3 Å². The second-order valence-corrected chi connectivity index (χ2v) is 2.91. The lowest BCUT2D eigenvalue weighted by molar-refractivity contribution is -0.185. The molecule has 1 atom stereocenters. The van der Waals surface area contributed by atoms with Gasteiger partial charge in [-0.2, -0.15) is 22.0 Å². The van der Waals surface area contributed by atoms with Crippen molar-refractivity contribution in [2.45, 2.75) is 25.2 Å². The van der Waals surface area contributed by atoms with Gasteiger partial charge in [-0.15, -0.1) is 0 Å². The van der Waals surface area contributed by atoms with Crippen LogP contribution in [-0.4, -0.2) is 30.8 Å². The molecule has 0 aromatic carbocycles. The van der Waals surface area contributed by atoms with E-state index in [1.165, 1.54) is 0 Å². The summed E-state index contributed by atoms with van der Waals surface area (Å²) in [6.45, 7) is 0.937. The molecule has 0 bridgehead atoms. The standard InChI is InChI=1S/C8H8F6O2/c1-4(8(13,14)5(2)9)6(15)16-3-7(10,11)12/h5H,1,3H2,2H3. The van der Waals surface area contributed by atoms with E-state index < -0.39 is 36.4 Å². The molecule has 0 aliphatic rings. The van der Waals surface area contributed by atoms with Crippen LogP contribution in [0.25, 0.3) is 0 Å². The van der Waals surface area contributed by atoms with Gasteiger partial charge in [0.25, 0.3) is 0 Å². The first-order valence-electron chi connectivity index (χ1n) is 3.93. The van der Waals surface area contributed by atoms with Crippen molar-refractivity contribution in [3.8, 4) is 0 Å². The summed E-state index contributed by atoms with van der Waals surface area (Å²) in [5, 5.41) is 0. The third kappa shape index (κ3) is 4.11. The highest BCUT2D eigenvalue weighted by Gasteiger charge is 2.45. The van der Waals surface area contributed by atoms with Gasteiger partial charge in [0.05, 0.1) is 0 Å². The predicted molar refractivity (Wildman–Crippen MR) is 41.7 cm³/mol. The number of halogens is 6. The second kappa shape index (κ2) is 4.75. The molecule has 2 nitrogen and oxygen atoms in total. The van der Waals surface area contributed by atoms with Crippen LogP contribution in [0.3, 0.4) is 0 Å². The van der Waals surface area contributed by atoms with Crippen molar-refractivity contribution < 1.29 is 35.9 Å². The van der Waals surface area contributed by atoms with E-state index >= 15 is 0 Å². The Bertz CT molecular complexity index is 281. The SMILES string of the molecule is C=C(C(=O)OCC(F)(F)F)C(F)(F)C(C)F. The Morgan fingerprint density at radius 3 is 2.06 bits per heavy atom. The highest BCUT2D eigenvalue weighted by molar-refractivity contribution is 5.89. The van der Waals surface area contributed by atoms with Crippen LogP contribution in [-0.2, 0) is 9.53 Å². The van der Waals surface area contributed by atoms with Crippen molar-refractivity contribution in [1.82, 2.24) is 0 Å². The molecule has 0 saturated carbocycles. The number of carbonyl (C=O) groups excluding carboxylic acids is 1. The highest BCUT2D eigenvalue weighted by Crippen LogP contribution is 2.30. The van der Waals surface area contributed by atoms with Gasteiger partial charge in [0.1, 0.15) is 5.57 Å². The van der Waals surface area contributed by atoms with Crippen molar-refractivity contribution >= 4 is 5.97 Å². The van der Waals surface area contributed by atoms with E-state index in [1.807, 2.05) is 0 Å². The van der Waals surface area contributed by atoms with E-state index in [2.05, 4.69) is 11.3 Å². The lowest BCUT2D eigenvalue weighted by Gasteiger charge is -2.19. The lowest BCUT2D eigenvalue weighted by atomic mass is 10.1. The Kier molecular flexibility index (Phi) is 4.39. The summed E-state index contributed by atoms with van der Waals surface area (Å²) in [4.78, 5) is 10.7. The molecule has 0 fully saturated rings. The number of hydrogen-bond donors (Lipinski definition) is 0. The van der Waals surface area contributed by atoms with Crippen molar-refractivity contribution in [2.75, 3.05) is 6.61 Å². The normalized spacial score (nSPS) is 14.4. The maximum Gasteiger partial charge on any atom is 0.422 e. The number of carbonyl (C=O) groups is 1. The van der Waals surface area contributed by atoms with Crippen molar-refractivity contribution in [3.05, 3.63) is 12.2 Å². The van der Waals surface area contributed by atoms with E-state index in [0.29, 0.717) is 6.92 Å². The van der Waals surface area contributed by atoms with Gasteiger partial charge in [0.15, 0.2) is 12.8 Å². The third-order valence-corrected chi connectivity index (χ3v) is 1.52. The molecule has 0 amide bonds. The van der Waals surface area contributed by atoms with Gasteiger partial charge in [-0.25, -0.2) is 9.18 Å². The molecule has 0 radical (unpaired) electrons. The second-order valence-electron chi connectivity index (χ2n) is 2.91. The van der Waals surface area contributed by atoms with E-state index in [4.69, 9.17) is 0 Å². The smallest absolute Gasteiger partial charge is 0.422 e. The molecule has 94 valence electrons. The lowest BCUT2D eigenvalue weighted by Crippen LogP contribution is -2.35. The average Bonchev–Trinajstić information content (AvgIpc) is 2.11. The Balaban J connectivity index is 4.47. The molecule has 0 saturated heterocycles. The quantitative estimate of drug-likeness (QED) is 0.435. The molecule has 0 aliphatic carbocycles. The van der Waals surface area contributed by atoms with Gasteiger partial charge in [-0.05, 0) is 6.92 Å². The molecule has 0 rings (SSSR count). The molecule has 0 aromatic rings. The number of esters is 1. The Morgan fingerprint density at radius 2 is 1.75 bits per heavy atom. The number of alkyl halides is 6. The molecular weight excluding hydrogens is 242 g/mol. The van der Waals surface area contributed by atoms with Crippen molar-refractivity contribution in [3.63, 3.8) is 0 Å². The highest BCUT2D eigenvalue weighted by atomic mass is 19.4. The van der Waals surface area contributed by atoms with Crippen molar-refractivity contribution in [2.24, 2.45) is 0 Å². The summed E-state index contributed by atoms with van der Waals surface area (Å²) < 4.78 is 76.0. The summed E-state index contributed by atoms with van der Waals surface area (Å²) in [5.74, 6) is -6.23. The first kappa shape index (κ1) is 14.8. The van der Waals surface area contributed by atoms with Crippen LogP contribution in [0.4, 0.5) is 26.3 Å². The van der Waals surface area contributed by atoms with E-state index in [0.717, 1.165) is 0 Å². The van der Waals surface area contributed by atoms with Crippen LogP contribution < -0.4 is 0 Å². The monoisotopic (exact) mass is 250 g/mol.